The first-order chi connectivity index (χ1) is 13.5. The van der Waals surface area contributed by atoms with Crippen LogP contribution < -0.4 is 5.32 Å². The van der Waals surface area contributed by atoms with E-state index in [2.05, 4.69) is 40.2 Å². The van der Waals surface area contributed by atoms with Crippen LogP contribution in [-0.4, -0.2) is 25.8 Å². The molecule has 0 aliphatic carbocycles. The third kappa shape index (κ3) is 3.53. The van der Waals surface area contributed by atoms with Gasteiger partial charge in [-0.1, -0.05) is 32.0 Å². The molecular formula is C22H23N5O. The molecule has 6 heteroatoms. The fraction of sp³-hybridized carbons (Fsp3) is 0.227. The summed E-state index contributed by atoms with van der Waals surface area (Å²) in [4.78, 5) is 28.3. The third-order valence-corrected chi connectivity index (χ3v) is 4.80. The normalized spacial score (nSPS) is 12.4. The molecule has 142 valence electrons. The standard InChI is InChI=1S/C22H23N5O/c1-13(2)19(21-25-17-8-7-14(3)11-18(17)26-21)27-22(28)16-6-4-5-15(12-16)20-23-9-10-24-20/h4-13,19H,1-3H3,(H,23,24)(H,25,26)(H,27,28). The summed E-state index contributed by atoms with van der Waals surface area (Å²) in [5, 5.41) is 3.13. The van der Waals surface area contributed by atoms with Gasteiger partial charge >= 0.3 is 0 Å². The minimum atomic E-state index is -0.215. The highest BCUT2D eigenvalue weighted by atomic mass is 16.1. The fourth-order valence-electron chi connectivity index (χ4n) is 3.30. The van der Waals surface area contributed by atoms with Crippen LogP contribution in [0.5, 0.6) is 0 Å². The summed E-state index contributed by atoms with van der Waals surface area (Å²) in [5.41, 5.74) is 4.52. The van der Waals surface area contributed by atoms with E-state index < -0.39 is 0 Å². The maximum atomic E-state index is 12.9. The summed E-state index contributed by atoms with van der Waals surface area (Å²) in [5.74, 6) is 1.55. The van der Waals surface area contributed by atoms with Gasteiger partial charge in [-0.15, -0.1) is 0 Å². The lowest BCUT2D eigenvalue weighted by molar-refractivity contribution is 0.0923. The number of aryl methyl sites for hydroxylation is 1. The predicted octanol–water partition coefficient (Wildman–Crippen LogP) is 4.39. The van der Waals surface area contributed by atoms with Gasteiger partial charge in [0.15, 0.2) is 0 Å². The van der Waals surface area contributed by atoms with Crippen molar-refractivity contribution in [3.8, 4) is 11.4 Å². The molecule has 4 aromatic rings. The zero-order valence-corrected chi connectivity index (χ0v) is 16.2. The molecule has 0 spiro atoms. The van der Waals surface area contributed by atoms with Crippen molar-refractivity contribution in [3.63, 3.8) is 0 Å². The zero-order valence-electron chi connectivity index (χ0n) is 16.2. The summed E-state index contributed by atoms with van der Waals surface area (Å²) in [6.45, 7) is 6.19. The number of amides is 1. The summed E-state index contributed by atoms with van der Waals surface area (Å²) >= 11 is 0. The van der Waals surface area contributed by atoms with E-state index in [4.69, 9.17) is 4.98 Å². The first-order valence-electron chi connectivity index (χ1n) is 9.38. The first-order valence-corrected chi connectivity index (χ1v) is 9.38. The monoisotopic (exact) mass is 373 g/mol. The SMILES string of the molecule is Cc1ccc2nc(C(NC(=O)c3cccc(-c4ncc[nH]4)c3)C(C)C)[nH]c2c1. The minimum Gasteiger partial charge on any atom is -0.345 e. The summed E-state index contributed by atoms with van der Waals surface area (Å²) in [6.07, 6.45) is 3.46. The van der Waals surface area contributed by atoms with Crippen LogP contribution in [0.25, 0.3) is 22.4 Å². The summed E-state index contributed by atoms with van der Waals surface area (Å²) < 4.78 is 0. The second-order valence-corrected chi connectivity index (χ2v) is 7.36. The quantitative estimate of drug-likeness (QED) is 0.485. The third-order valence-electron chi connectivity index (χ3n) is 4.80. The van der Waals surface area contributed by atoms with E-state index in [1.165, 1.54) is 5.56 Å². The van der Waals surface area contributed by atoms with Gasteiger partial charge in [0.05, 0.1) is 17.1 Å². The van der Waals surface area contributed by atoms with Crippen LogP contribution in [0.3, 0.4) is 0 Å². The molecule has 0 aliphatic heterocycles. The molecular weight excluding hydrogens is 350 g/mol. The second kappa shape index (κ2) is 7.31. The number of nitrogens with one attached hydrogen (secondary N) is 3. The molecule has 3 N–H and O–H groups in total. The Morgan fingerprint density at radius 1 is 1.14 bits per heavy atom. The number of imidazole rings is 2. The van der Waals surface area contributed by atoms with Gasteiger partial charge in [0.1, 0.15) is 11.6 Å². The Hall–Kier alpha value is -3.41. The molecule has 2 aromatic heterocycles. The molecule has 0 aliphatic rings. The second-order valence-electron chi connectivity index (χ2n) is 7.36. The largest absolute Gasteiger partial charge is 0.345 e. The van der Waals surface area contributed by atoms with Gasteiger partial charge in [-0.2, -0.15) is 0 Å². The summed E-state index contributed by atoms with van der Waals surface area (Å²) in [7, 11) is 0. The molecule has 0 saturated carbocycles. The topological polar surface area (TPSA) is 86.5 Å². The van der Waals surface area contributed by atoms with Crippen molar-refractivity contribution in [3.05, 3.63) is 71.8 Å². The smallest absolute Gasteiger partial charge is 0.251 e. The number of aromatic nitrogens is 4. The highest BCUT2D eigenvalue weighted by molar-refractivity contribution is 5.95. The maximum absolute atomic E-state index is 12.9. The van der Waals surface area contributed by atoms with E-state index in [9.17, 15) is 4.79 Å². The van der Waals surface area contributed by atoms with E-state index in [0.29, 0.717) is 5.56 Å². The van der Waals surface area contributed by atoms with Crippen molar-refractivity contribution in [2.24, 2.45) is 5.92 Å². The Morgan fingerprint density at radius 3 is 2.75 bits per heavy atom. The molecule has 4 rings (SSSR count). The van der Waals surface area contributed by atoms with Gasteiger partial charge in [-0.05, 0) is 42.7 Å². The van der Waals surface area contributed by atoms with Crippen LogP contribution in [0.15, 0.2) is 54.9 Å². The fourth-order valence-corrected chi connectivity index (χ4v) is 3.30. The Balaban J connectivity index is 1.61. The Labute approximate surface area is 163 Å². The number of nitrogens with zero attached hydrogens (tertiary/aromatic N) is 2. The lowest BCUT2D eigenvalue weighted by Gasteiger charge is -2.20. The van der Waals surface area contributed by atoms with E-state index in [1.54, 1.807) is 18.5 Å². The van der Waals surface area contributed by atoms with E-state index >= 15 is 0 Å². The van der Waals surface area contributed by atoms with Crippen molar-refractivity contribution in [2.75, 3.05) is 0 Å². The molecule has 1 amide bonds. The lowest BCUT2D eigenvalue weighted by atomic mass is 10.0. The highest BCUT2D eigenvalue weighted by Crippen LogP contribution is 2.24. The van der Waals surface area contributed by atoms with Gasteiger partial charge in [0.25, 0.3) is 5.91 Å². The van der Waals surface area contributed by atoms with Crippen LogP contribution in [0.2, 0.25) is 0 Å². The van der Waals surface area contributed by atoms with Crippen molar-refractivity contribution in [1.82, 2.24) is 25.3 Å². The Bertz CT molecular complexity index is 1110. The lowest BCUT2D eigenvalue weighted by Crippen LogP contribution is -2.32. The van der Waals surface area contributed by atoms with Crippen molar-refractivity contribution in [1.29, 1.82) is 0 Å². The highest BCUT2D eigenvalue weighted by Gasteiger charge is 2.22. The molecule has 0 bridgehead atoms. The van der Waals surface area contributed by atoms with Gasteiger partial charge < -0.3 is 15.3 Å². The Kier molecular flexibility index (Phi) is 4.69. The molecule has 1 atom stereocenters. The van der Waals surface area contributed by atoms with Gasteiger partial charge in [-0.3, -0.25) is 4.79 Å². The predicted molar refractivity (Wildman–Crippen MR) is 110 cm³/mol. The maximum Gasteiger partial charge on any atom is 0.251 e. The van der Waals surface area contributed by atoms with E-state index in [0.717, 1.165) is 28.2 Å². The van der Waals surface area contributed by atoms with E-state index in [-0.39, 0.29) is 17.9 Å². The van der Waals surface area contributed by atoms with Crippen molar-refractivity contribution < 1.29 is 4.79 Å². The average molecular weight is 373 g/mol. The molecule has 0 fully saturated rings. The van der Waals surface area contributed by atoms with Crippen LogP contribution >= 0.6 is 0 Å². The summed E-state index contributed by atoms with van der Waals surface area (Å²) in [6, 6.07) is 13.3. The molecule has 28 heavy (non-hydrogen) atoms. The molecule has 1 unspecified atom stereocenters. The number of benzene rings is 2. The molecule has 2 aromatic carbocycles. The van der Waals surface area contributed by atoms with Crippen LogP contribution in [0, 0.1) is 12.8 Å². The first kappa shape index (κ1) is 18.0. The van der Waals surface area contributed by atoms with Crippen molar-refractivity contribution >= 4 is 16.9 Å². The van der Waals surface area contributed by atoms with Crippen molar-refractivity contribution in [2.45, 2.75) is 26.8 Å². The number of carbonyl (C=O) groups excluding carboxylic acids is 1. The van der Waals surface area contributed by atoms with Gasteiger partial charge in [0.2, 0.25) is 0 Å². The molecule has 6 nitrogen and oxygen atoms in total. The number of hydrogen-bond donors (Lipinski definition) is 3. The van der Waals surface area contributed by atoms with Gasteiger partial charge in [-0.25, -0.2) is 9.97 Å². The Morgan fingerprint density at radius 2 is 2.00 bits per heavy atom. The van der Waals surface area contributed by atoms with Crippen LogP contribution in [0.1, 0.15) is 41.6 Å². The minimum absolute atomic E-state index is 0.135. The molecule has 0 radical (unpaired) electrons. The van der Waals surface area contributed by atoms with Gasteiger partial charge in [0, 0.05) is 23.5 Å². The van der Waals surface area contributed by atoms with Crippen LogP contribution in [-0.2, 0) is 0 Å². The number of aromatic amines is 2. The van der Waals surface area contributed by atoms with Crippen LogP contribution in [0.4, 0.5) is 0 Å². The molecule has 2 heterocycles. The van der Waals surface area contributed by atoms with E-state index in [1.807, 2.05) is 37.3 Å². The number of fused-ring (bicyclic) bond motifs is 1. The zero-order chi connectivity index (χ0) is 19.7. The number of H-pyrrole nitrogens is 2. The number of carbonyl (C=O) groups is 1. The average Bonchev–Trinajstić information content (AvgIpc) is 3.35. The molecule has 0 saturated heterocycles. The number of hydrogen-bond acceptors (Lipinski definition) is 3. The number of rotatable bonds is 5.